The Morgan fingerprint density at radius 3 is 1.57 bits per heavy atom. The van der Waals surface area contributed by atoms with Crippen molar-refractivity contribution in [1.29, 1.82) is 0 Å². The molecule has 4 nitrogen and oxygen atoms in total. The van der Waals surface area contributed by atoms with E-state index in [1.807, 2.05) is 45.0 Å². The summed E-state index contributed by atoms with van der Waals surface area (Å²) in [5.41, 5.74) is -0.646. The average Bonchev–Trinajstić information content (AvgIpc) is 2.70. The first-order chi connectivity index (χ1) is 13.2. The Hall–Kier alpha value is -2.49. The van der Waals surface area contributed by atoms with Crippen LogP contribution in [0.3, 0.4) is 0 Å². The van der Waals surface area contributed by atoms with Crippen LogP contribution in [0.1, 0.15) is 60.8 Å². The fourth-order valence-electron chi connectivity index (χ4n) is 2.36. The number of rotatable bonds is 9. The monoisotopic (exact) mass is 384 g/mol. The molecule has 0 fully saturated rings. The highest BCUT2D eigenvalue weighted by atomic mass is 16.5. The van der Waals surface area contributed by atoms with E-state index in [4.69, 9.17) is 14.2 Å². The van der Waals surface area contributed by atoms with Crippen molar-refractivity contribution < 1.29 is 19.0 Å². The minimum atomic E-state index is -0.495. The molecular formula is C24H32O4. The highest BCUT2D eigenvalue weighted by Crippen LogP contribution is 2.29. The zero-order chi connectivity index (χ0) is 20.8. The SMILES string of the molecule is CCC(C)(CC)Oc1ccc(Oc2ccc(OC(=O)C(C)(C)CC)cc2)cc1. The smallest absolute Gasteiger partial charge is 0.316 e. The zero-order valence-corrected chi connectivity index (χ0v) is 17.9. The molecule has 0 atom stereocenters. The van der Waals surface area contributed by atoms with Crippen LogP contribution in [0.15, 0.2) is 48.5 Å². The van der Waals surface area contributed by atoms with Crippen LogP contribution in [0.2, 0.25) is 0 Å². The second-order valence-corrected chi connectivity index (χ2v) is 7.93. The summed E-state index contributed by atoms with van der Waals surface area (Å²) in [5.74, 6) is 2.51. The van der Waals surface area contributed by atoms with Crippen LogP contribution < -0.4 is 14.2 Å². The van der Waals surface area contributed by atoms with Crippen LogP contribution in [-0.2, 0) is 4.79 Å². The van der Waals surface area contributed by atoms with E-state index in [9.17, 15) is 4.79 Å². The van der Waals surface area contributed by atoms with Crippen LogP contribution in [0, 0.1) is 5.41 Å². The van der Waals surface area contributed by atoms with Gasteiger partial charge in [-0.1, -0.05) is 20.8 Å². The number of hydrogen-bond acceptors (Lipinski definition) is 4. The predicted molar refractivity (Wildman–Crippen MR) is 112 cm³/mol. The van der Waals surface area contributed by atoms with E-state index in [2.05, 4.69) is 20.8 Å². The molecule has 0 heterocycles. The molecule has 2 aromatic rings. The van der Waals surface area contributed by atoms with Gasteiger partial charge in [-0.05, 0) is 88.6 Å². The van der Waals surface area contributed by atoms with Gasteiger partial charge in [0.2, 0.25) is 0 Å². The van der Waals surface area contributed by atoms with Gasteiger partial charge in [-0.3, -0.25) is 4.79 Å². The third-order valence-electron chi connectivity index (χ3n) is 5.39. The molecular weight excluding hydrogens is 352 g/mol. The summed E-state index contributed by atoms with van der Waals surface area (Å²) >= 11 is 0. The minimum absolute atomic E-state index is 0.151. The standard InChI is InChI=1S/C24H32O4/c1-7-23(4,5)22(25)27-20-12-10-18(11-13-20)26-19-14-16-21(17-15-19)28-24(6,8-2)9-3/h10-17H,7-9H2,1-6H3. The number of hydrogen-bond donors (Lipinski definition) is 0. The lowest BCUT2D eigenvalue weighted by molar-refractivity contribution is -0.144. The largest absolute Gasteiger partial charge is 0.488 e. The Bertz CT molecular complexity index is 756. The molecule has 0 N–H and O–H groups in total. The van der Waals surface area contributed by atoms with Crippen LogP contribution in [0.4, 0.5) is 0 Å². The van der Waals surface area contributed by atoms with Crippen molar-refractivity contribution in [2.75, 3.05) is 0 Å². The molecule has 0 unspecified atom stereocenters. The van der Waals surface area contributed by atoms with Gasteiger partial charge in [-0.25, -0.2) is 0 Å². The summed E-state index contributed by atoms with van der Waals surface area (Å²) in [7, 11) is 0. The number of ether oxygens (including phenoxy) is 3. The number of esters is 1. The van der Waals surface area contributed by atoms with E-state index in [1.54, 1.807) is 24.3 Å². The average molecular weight is 385 g/mol. The van der Waals surface area contributed by atoms with Crippen molar-refractivity contribution >= 4 is 5.97 Å². The normalized spacial score (nSPS) is 11.8. The Balaban J connectivity index is 1.98. The molecule has 0 amide bonds. The molecule has 0 saturated carbocycles. The number of carbonyl (C=O) groups is 1. The van der Waals surface area contributed by atoms with E-state index >= 15 is 0 Å². The Kier molecular flexibility index (Phi) is 7.11. The number of benzene rings is 2. The molecule has 0 saturated heterocycles. The molecule has 4 heteroatoms. The fourth-order valence-corrected chi connectivity index (χ4v) is 2.36. The molecule has 28 heavy (non-hydrogen) atoms. The van der Waals surface area contributed by atoms with Gasteiger partial charge in [0, 0.05) is 0 Å². The van der Waals surface area contributed by atoms with Crippen molar-refractivity contribution in [2.45, 2.75) is 66.4 Å². The summed E-state index contributed by atoms with van der Waals surface area (Å²) in [6.45, 7) is 12.1. The van der Waals surface area contributed by atoms with Crippen LogP contribution in [0.25, 0.3) is 0 Å². The van der Waals surface area contributed by atoms with E-state index in [-0.39, 0.29) is 11.6 Å². The lowest BCUT2D eigenvalue weighted by Gasteiger charge is -2.28. The second-order valence-electron chi connectivity index (χ2n) is 7.93. The van der Waals surface area contributed by atoms with E-state index in [1.165, 1.54) is 0 Å². The van der Waals surface area contributed by atoms with Crippen LogP contribution in [-0.4, -0.2) is 11.6 Å². The molecule has 152 valence electrons. The molecule has 0 radical (unpaired) electrons. The highest BCUT2D eigenvalue weighted by Gasteiger charge is 2.27. The predicted octanol–water partition coefficient (Wildman–Crippen LogP) is 6.78. The van der Waals surface area contributed by atoms with Gasteiger partial charge in [0.15, 0.2) is 0 Å². The third kappa shape index (κ3) is 5.75. The van der Waals surface area contributed by atoms with Crippen molar-refractivity contribution in [1.82, 2.24) is 0 Å². The van der Waals surface area contributed by atoms with Gasteiger partial charge in [-0.15, -0.1) is 0 Å². The van der Waals surface area contributed by atoms with Gasteiger partial charge < -0.3 is 14.2 Å². The molecule has 0 spiro atoms. The quantitative estimate of drug-likeness (QED) is 0.353. The second kappa shape index (κ2) is 9.13. The van der Waals surface area contributed by atoms with Gasteiger partial charge in [0.05, 0.1) is 5.41 Å². The van der Waals surface area contributed by atoms with Crippen molar-refractivity contribution in [3.8, 4) is 23.0 Å². The van der Waals surface area contributed by atoms with Crippen molar-refractivity contribution in [3.63, 3.8) is 0 Å². The van der Waals surface area contributed by atoms with Crippen molar-refractivity contribution in [3.05, 3.63) is 48.5 Å². The van der Waals surface area contributed by atoms with E-state index in [0.29, 0.717) is 11.5 Å². The van der Waals surface area contributed by atoms with Gasteiger partial charge in [0.1, 0.15) is 28.6 Å². The van der Waals surface area contributed by atoms with E-state index < -0.39 is 5.41 Å². The topological polar surface area (TPSA) is 44.8 Å². The molecule has 0 bridgehead atoms. The fraction of sp³-hybridized carbons (Fsp3) is 0.458. The molecule has 0 aliphatic carbocycles. The lowest BCUT2D eigenvalue weighted by Crippen LogP contribution is -2.30. The Morgan fingerprint density at radius 1 is 0.714 bits per heavy atom. The lowest BCUT2D eigenvalue weighted by atomic mass is 9.91. The maximum Gasteiger partial charge on any atom is 0.316 e. The Labute approximate surface area is 168 Å². The summed E-state index contributed by atoms with van der Waals surface area (Å²) < 4.78 is 17.4. The van der Waals surface area contributed by atoms with E-state index in [0.717, 1.165) is 30.8 Å². The molecule has 0 aliphatic rings. The van der Waals surface area contributed by atoms with Gasteiger partial charge in [-0.2, -0.15) is 0 Å². The van der Waals surface area contributed by atoms with Crippen LogP contribution in [0.5, 0.6) is 23.0 Å². The molecule has 0 aromatic heterocycles. The van der Waals surface area contributed by atoms with Gasteiger partial charge in [0.25, 0.3) is 0 Å². The highest BCUT2D eigenvalue weighted by molar-refractivity contribution is 5.78. The maximum atomic E-state index is 12.2. The molecule has 2 rings (SSSR count). The summed E-state index contributed by atoms with van der Waals surface area (Å²) in [6, 6.07) is 14.7. The minimum Gasteiger partial charge on any atom is -0.488 e. The maximum absolute atomic E-state index is 12.2. The van der Waals surface area contributed by atoms with Gasteiger partial charge >= 0.3 is 5.97 Å². The molecule has 0 aliphatic heterocycles. The Morgan fingerprint density at radius 2 is 1.14 bits per heavy atom. The molecule has 2 aromatic carbocycles. The zero-order valence-electron chi connectivity index (χ0n) is 17.9. The number of carbonyl (C=O) groups excluding carboxylic acids is 1. The first-order valence-electron chi connectivity index (χ1n) is 10.0. The third-order valence-corrected chi connectivity index (χ3v) is 5.39. The van der Waals surface area contributed by atoms with Crippen LogP contribution >= 0.6 is 0 Å². The first kappa shape index (κ1) is 21.8. The summed E-state index contributed by atoms with van der Waals surface area (Å²) in [4.78, 5) is 12.2. The van der Waals surface area contributed by atoms with Crippen molar-refractivity contribution in [2.24, 2.45) is 5.41 Å². The summed E-state index contributed by atoms with van der Waals surface area (Å²) in [6.07, 6.45) is 2.63. The summed E-state index contributed by atoms with van der Waals surface area (Å²) in [5, 5.41) is 0. The first-order valence-corrected chi connectivity index (χ1v) is 10.0.